The second kappa shape index (κ2) is 11.3. The van der Waals surface area contributed by atoms with Gasteiger partial charge in [0, 0.05) is 25.8 Å². The number of ether oxygens (including phenoxy) is 3. The van der Waals surface area contributed by atoms with E-state index in [0.717, 1.165) is 0 Å². The van der Waals surface area contributed by atoms with Gasteiger partial charge in [-0.1, -0.05) is 19.9 Å². The van der Waals surface area contributed by atoms with Gasteiger partial charge in [0.1, 0.15) is 11.5 Å². The number of hydrogen-bond donors (Lipinski definition) is 2. The number of aryl methyl sites for hydroxylation is 1. The van der Waals surface area contributed by atoms with E-state index in [0.29, 0.717) is 48.0 Å². The Hall–Kier alpha value is -3.52. The van der Waals surface area contributed by atoms with Crippen LogP contribution < -0.4 is 9.47 Å². The van der Waals surface area contributed by atoms with E-state index in [1.165, 1.54) is 18.1 Å². The third-order valence-corrected chi connectivity index (χ3v) is 5.84. The van der Waals surface area contributed by atoms with Gasteiger partial charge in [-0.05, 0) is 60.7 Å². The van der Waals surface area contributed by atoms with Crippen molar-refractivity contribution >= 4 is 17.4 Å². The highest BCUT2D eigenvalue weighted by molar-refractivity contribution is 6.46. The van der Waals surface area contributed by atoms with Crippen molar-refractivity contribution in [2.24, 2.45) is 5.92 Å². The molecule has 1 heterocycles. The van der Waals surface area contributed by atoms with Gasteiger partial charge in [-0.15, -0.1) is 0 Å². The molecule has 0 aliphatic carbocycles. The fourth-order valence-corrected chi connectivity index (χ4v) is 4.10. The molecule has 188 valence electrons. The number of aromatic hydroxyl groups is 1. The lowest BCUT2D eigenvalue weighted by Gasteiger charge is -2.26. The number of likely N-dealkylation sites (tertiary alicyclic amines) is 1. The Morgan fingerprint density at radius 3 is 2.49 bits per heavy atom. The van der Waals surface area contributed by atoms with E-state index in [1.54, 1.807) is 37.4 Å². The number of ketones is 1. The van der Waals surface area contributed by atoms with Gasteiger partial charge in [0.25, 0.3) is 11.7 Å². The molecule has 0 radical (unpaired) electrons. The van der Waals surface area contributed by atoms with Crippen molar-refractivity contribution in [3.8, 4) is 17.2 Å². The number of amides is 1. The zero-order valence-corrected chi connectivity index (χ0v) is 20.8. The molecule has 1 aliphatic rings. The van der Waals surface area contributed by atoms with E-state index in [-0.39, 0.29) is 29.4 Å². The molecule has 0 saturated carbocycles. The Bertz CT molecular complexity index is 1120. The molecular weight excluding hydrogens is 450 g/mol. The number of Topliss-reactive ketones (excluding diaryl/α,β-unsaturated/α-hetero) is 1. The van der Waals surface area contributed by atoms with Crippen LogP contribution in [0, 0.1) is 12.8 Å². The zero-order chi connectivity index (χ0) is 25.7. The Kier molecular flexibility index (Phi) is 8.40. The third kappa shape index (κ3) is 5.59. The molecule has 3 rings (SSSR count). The minimum absolute atomic E-state index is 0.0147. The summed E-state index contributed by atoms with van der Waals surface area (Å²) in [4.78, 5) is 27.6. The molecule has 35 heavy (non-hydrogen) atoms. The standard InChI is InChI=1S/C27H33NO7/c1-16(2)15-35-19-8-9-20(17(3)13-19)25(30)23-24(18-7-10-21(29)22(14-18)34-5)28(11-6-12-33-4)27(32)26(23)31/h7-10,13-14,16,24,29-30H,6,11-12,15H2,1-5H3/t24-/m1/s1. The van der Waals surface area contributed by atoms with Crippen molar-refractivity contribution in [2.45, 2.75) is 33.2 Å². The summed E-state index contributed by atoms with van der Waals surface area (Å²) < 4.78 is 16.1. The lowest BCUT2D eigenvalue weighted by atomic mass is 9.93. The van der Waals surface area contributed by atoms with Crippen molar-refractivity contribution in [3.63, 3.8) is 0 Å². The molecule has 2 N–H and O–H groups in total. The summed E-state index contributed by atoms with van der Waals surface area (Å²) in [5, 5.41) is 21.4. The number of aliphatic hydroxyl groups is 1. The number of benzene rings is 2. The quantitative estimate of drug-likeness (QED) is 0.226. The minimum atomic E-state index is -0.849. The number of aliphatic hydroxyl groups excluding tert-OH is 1. The van der Waals surface area contributed by atoms with E-state index >= 15 is 0 Å². The average molecular weight is 484 g/mol. The molecule has 1 amide bonds. The van der Waals surface area contributed by atoms with Crippen molar-refractivity contribution in [1.82, 2.24) is 4.90 Å². The van der Waals surface area contributed by atoms with Crippen LogP contribution in [0.3, 0.4) is 0 Å². The first-order chi connectivity index (χ1) is 16.7. The number of methoxy groups -OCH3 is 2. The maximum Gasteiger partial charge on any atom is 0.295 e. The van der Waals surface area contributed by atoms with Crippen LogP contribution in [0.1, 0.15) is 43.0 Å². The number of carbonyl (C=O) groups is 2. The molecule has 0 aromatic heterocycles. The van der Waals surface area contributed by atoms with Crippen LogP contribution in [0.5, 0.6) is 17.2 Å². The largest absolute Gasteiger partial charge is 0.507 e. The Morgan fingerprint density at radius 1 is 1.11 bits per heavy atom. The van der Waals surface area contributed by atoms with Crippen molar-refractivity contribution in [1.29, 1.82) is 0 Å². The lowest BCUT2D eigenvalue weighted by molar-refractivity contribution is -0.140. The highest BCUT2D eigenvalue weighted by atomic mass is 16.5. The minimum Gasteiger partial charge on any atom is -0.507 e. The first-order valence-electron chi connectivity index (χ1n) is 11.6. The van der Waals surface area contributed by atoms with Crippen LogP contribution >= 0.6 is 0 Å². The molecule has 0 unspecified atom stereocenters. The lowest BCUT2D eigenvalue weighted by Crippen LogP contribution is -2.31. The molecule has 0 bridgehead atoms. The van der Waals surface area contributed by atoms with Crippen LogP contribution in [0.15, 0.2) is 42.0 Å². The number of phenolic OH excluding ortho intramolecular Hbond substituents is 1. The predicted molar refractivity (Wildman–Crippen MR) is 132 cm³/mol. The molecule has 1 saturated heterocycles. The molecular formula is C27H33NO7. The first kappa shape index (κ1) is 26.1. The SMILES string of the molecule is COCCCN1C(=O)C(=O)C(=C(O)c2ccc(OCC(C)C)cc2C)[C@H]1c1ccc(O)c(OC)c1. The average Bonchev–Trinajstić information content (AvgIpc) is 3.08. The van der Waals surface area contributed by atoms with Gasteiger partial charge in [0.05, 0.1) is 25.3 Å². The van der Waals surface area contributed by atoms with Crippen molar-refractivity contribution < 1.29 is 34.0 Å². The van der Waals surface area contributed by atoms with Crippen LogP contribution in [-0.4, -0.2) is 60.8 Å². The van der Waals surface area contributed by atoms with Gasteiger partial charge in [0.2, 0.25) is 0 Å². The smallest absolute Gasteiger partial charge is 0.295 e. The molecule has 8 heteroatoms. The predicted octanol–water partition coefficient (Wildman–Crippen LogP) is 4.20. The van der Waals surface area contributed by atoms with E-state index in [9.17, 15) is 19.8 Å². The Morgan fingerprint density at radius 2 is 1.86 bits per heavy atom. The number of hydrogen-bond acceptors (Lipinski definition) is 7. The normalized spacial score (nSPS) is 17.3. The summed E-state index contributed by atoms with van der Waals surface area (Å²) in [6.07, 6.45) is 0.510. The topological polar surface area (TPSA) is 106 Å². The van der Waals surface area contributed by atoms with E-state index in [1.807, 2.05) is 6.92 Å². The second-order valence-corrected chi connectivity index (χ2v) is 8.95. The van der Waals surface area contributed by atoms with Crippen LogP contribution in [0.25, 0.3) is 5.76 Å². The molecule has 2 aromatic carbocycles. The summed E-state index contributed by atoms with van der Waals surface area (Å²) in [5.41, 5.74) is 1.66. The number of carbonyl (C=O) groups excluding carboxylic acids is 2. The van der Waals surface area contributed by atoms with Crippen molar-refractivity contribution in [2.75, 3.05) is 34.0 Å². The fraction of sp³-hybridized carbons (Fsp3) is 0.407. The van der Waals surface area contributed by atoms with E-state index in [4.69, 9.17) is 14.2 Å². The van der Waals surface area contributed by atoms with Gasteiger partial charge in [0.15, 0.2) is 11.5 Å². The van der Waals surface area contributed by atoms with Crippen LogP contribution in [0.2, 0.25) is 0 Å². The summed E-state index contributed by atoms with van der Waals surface area (Å²) in [6.45, 7) is 7.13. The monoisotopic (exact) mass is 483 g/mol. The summed E-state index contributed by atoms with van der Waals surface area (Å²) in [7, 11) is 2.98. The third-order valence-electron chi connectivity index (χ3n) is 5.84. The zero-order valence-electron chi connectivity index (χ0n) is 20.8. The molecule has 1 atom stereocenters. The summed E-state index contributed by atoms with van der Waals surface area (Å²) in [5.74, 6) is -0.575. The van der Waals surface area contributed by atoms with Gasteiger partial charge < -0.3 is 29.3 Å². The fourth-order valence-electron chi connectivity index (χ4n) is 4.10. The summed E-state index contributed by atoms with van der Waals surface area (Å²) >= 11 is 0. The molecule has 0 spiro atoms. The first-order valence-corrected chi connectivity index (χ1v) is 11.6. The van der Waals surface area contributed by atoms with Gasteiger partial charge in [-0.3, -0.25) is 9.59 Å². The van der Waals surface area contributed by atoms with Gasteiger partial charge >= 0.3 is 0 Å². The second-order valence-electron chi connectivity index (χ2n) is 8.95. The van der Waals surface area contributed by atoms with Gasteiger partial charge in [-0.2, -0.15) is 0 Å². The molecule has 1 aliphatic heterocycles. The number of phenols is 1. The highest BCUT2D eigenvalue weighted by Crippen LogP contribution is 2.42. The molecule has 1 fully saturated rings. The van der Waals surface area contributed by atoms with Crippen LogP contribution in [0.4, 0.5) is 0 Å². The Balaban J connectivity index is 2.11. The summed E-state index contributed by atoms with van der Waals surface area (Å²) in [6, 6.07) is 8.99. The van der Waals surface area contributed by atoms with Crippen molar-refractivity contribution in [3.05, 3.63) is 58.7 Å². The maximum absolute atomic E-state index is 13.2. The number of rotatable bonds is 10. The van der Waals surface area contributed by atoms with Gasteiger partial charge in [-0.25, -0.2) is 0 Å². The molecule has 2 aromatic rings. The molecule has 8 nitrogen and oxygen atoms in total. The maximum atomic E-state index is 13.2. The number of nitrogens with zero attached hydrogens (tertiary/aromatic N) is 1. The highest BCUT2D eigenvalue weighted by Gasteiger charge is 2.46. The van der Waals surface area contributed by atoms with Crippen LogP contribution in [-0.2, 0) is 14.3 Å². The van der Waals surface area contributed by atoms with E-state index in [2.05, 4.69) is 13.8 Å². The van der Waals surface area contributed by atoms with E-state index < -0.39 is 17.7 Å². The Labute approximate surface area is 205 Å².